The molecule has 2 aliphatic rings. The number of benzene rings is 2. The molecule has 0 N–H and O–H groups in total. The Balaban J connectivity index is 1.63. The summed E-state index contributed by atoms with van der Waals surface area (Å²) in [6.45, 7) is 0. The lowest BCUT2D eigenvalue weighted by molar-refractivity contribution is -0.0210. The van der Waals surface area contributed by atoms with Crippen molar-refractivity contribution in [2.45, 2.75) is 18.7 Å². The van der Waals surface area contributed by atoms with Gasteiger partial charge in [0.2, 0.25) is 6.23 Å². The second kappa shape index (κ2) is 6.87. The molecule has 5 nitrogen and oxygen atoms in total. The van der Waals surface area contributed by atoms with Crippen LogP contribution in [0.25, 0.3) is 0 Å². The van der Waals surface area contributed by atoms with Crippen molar-refractivity contribution in [2.24, 2.45) is 5.10 Å². The minimum absolute atomic E-state index is 0.104. The van der Waals surface area contributed by atoms with E-state index in [0.29, 0.717) is 0 Å². The van der Waals surface area contributed by atoms with E-state index in [1.54, 1.807) is 25.6 Å². The highest BCUT2D eigenvalue weighted by atomic mass is 32.1. The van der Waals surface area contributed by atoms with Crippen molar-refractivity contribution >= 4 is 17.0 Å². The first kappa shape index (κ1) is 17.1. The lowest BCUT2D eigenvalue weighted by Crippen LogP contribution is -2.33. The number of hydrazone groups is 1. The normalized spacial score (nSPS) is 20.1. The molecular weight excluding hydrogens is 372 g/mol. The Labute approximate surface area is 167 Å². The molecule has 3 aromatic rings. The Kier molecular flexibility index (Phi) is 4.20. The van der Waals surface area contributed by atoms with Gasteiger partial charge in [0.25, 0.3) is 0 Å². The second-order valence-electron chi connectivity index (χ2n) is 6.75. The zero-order valence-electron chi connectivity index (χ0n) is 15.7. The van der Waals surface area contributed by atoms with Gasteiger partial charge in [0, 0.05) is 17.5 Å². The molecule has 0 bridgehead atoms. The zero-order chi connectivity index (χ0) is 19.1. The molecule has 3 heterocycles. The lowest BCUT2D eigenvalue weighted by atomic mass is 9.97. The monoisotopic (exact) mass is 392 g/mol. The van der Waals surface area contributed by atoms with E-state index in [1.807, 2.05) is 36.4 Å². The van der Waals surface area contributed by atoms with Crippen LogP contribution >= 0.6 is 11.3 Å². The van der Waals surface area contributed by atoms with E-state index < -0.39 is 0 Å². The van der Waals surface area contributed by atoms with Gasteiger partial charge in [0.1, 0.15) is 5.75 Å². The van der Waals surface area contributed by atoms with Gasteiger partial charge in [-0.2, -0.15) is 5.10 Å². The molecule has 2 aromatic carbocycles. The molecule has 0 radical (unpaired) electrons. The molecule has 2 unspecified atom stereocenters. The Hall–Kier alpha value is -2.99. The van der Waals surface area contributed by atoms with Crippen LogP contribution in [0.2, 0.25) is 0 Å². The zero-order valence-corrected chi connectivity index (χ0v) is 16.5. The molecule has 142 valence electrons. The molecule has 0 aliphatic carbocycles. The number of fused-ring (bicyclic) bond motifs is 3. The number of ether oxygens (including phenoxy) is 3. The van der Waals surface area contributed by atoms with Gasteiger partial charge in [-0.15, -0.1) is 11.3 Å². The number of para-hydroxylation sites is 1. The molecule has 28 heavy (non-hydrogen) atoms. The first-order valence-corrected chi connectivity index (χ1v) is 10.0. The summed E-state index contributed by atoms with van der Waals surface area (Å²) in [4.78, 5) is 1.20. The molecule has 6 heteroatoms. The number of hydrogen-bond donors (Lipinski definition) is 0. The predicted molar refractivity (Wildman–Crippen MR) is 109 cm³/mol. The molecular formula is C22H20N2O3S. The summed E-state index contributed by atoms with van der Waals surface area (Å²) in [5.41, 5.74) is 3.19. The minimum atomic E-state index is -0.346. The predicted octanol–water partition coefficient (Wildman–Crippen LogP) is 5.01. The van der Waals surface area contributed by atoms with E-state index in [1.165, 1.54) is 4.88 Å². The minimum Gasteiger partial charge on any atom is -0.497 e. The Bertz CT molecular complexity index is 1030. The average Bonchev–Trinajstić information content (AvgIpc) is 3.42. The van der Waals surface area contributed by atoms with Crippen LogP contribution in [-0.4, -0.2) is 24.9 Å². The van der Waals surface area contributed by atoms with Crippen molar-refractivity contribution in [2.75, 3.05) is 14.2 Å². The number of nitrogens with zero attached hydrogens (tertiary/aromatic N) is 2. The number of thiophene rings is 1. The third-order valence-corrected chi connectivity index (χ3v) is 6.10. The largest absolute Gasteiger partial charge is 0.497 e. The van der Waals surface area contributed by atoms with Crippen LogP contribution < -0.4 is 14.2 Å². The molecule has 2 atom stereocenters. The Morgan fingerprint density at radius 1 is 1.07 bits per heavy atom. The molecule has 0 amide bonds. The first-order chi connectivity index (χ1) is 13.8. The van der Waals surface area contributed by atoms with Gasteiger partial charge in [0.15, 0.2) is 11.5 Å². The topological polar surface area (TPSA) is 43.3 Å². The summed E-state index contributed by atoms with van der Waals surface area (Å²) >= 11 is 1.71. The van der Waals surface area contributed by atoms with Crippen molar-refractivity contribution in [3.8, 4) is 17.2 Å². The third kappa shape index (κ3) is 2.72. The Morgan fingerprint density at radius 3 is 2.75 bits per heavy atom. The van der Waals surface area contributed by atoms with Gasteiger partial charge < -0.3 is 14.2 Å². The van der Waals surface area contributed by atoms with E-state index in [2.05, 4.69) is 28.6 Å². The van der Waals surface area contributed by atoms with Gasteiger partial charge in [0.05, 0.1) is 30.9 Å². The van der Waals surface area contributed by atoms with Crippen LogP contribution in [0.4, 0.5) is 0 Å². The maximum atomic E-state index is 6.46. The van der Waals surface area contributed by atoms with Crippen LogP contribution in [0, 0.1) is 0 Å². The first-order valence-electron chi connectivity index (χ1n) is 9.15. The molecule has 0 saturated carbocycles. The average molecular weight is 392 g/mol. The quantitative estimate of drug-likeness (QED) is 0.626. The van der Waals surface area contributed by atoms with Crippen molar-refractivity contribution in [1.82, 2.24) is 5.01 Å². The third-order valence-electron chi connectivity index (χ3n) is 5.18. The molecule has 0 spiro atoms. The molecule has 0 saturated heterocycles. The molecule has 1 aromatic heterocycles. The van der Waals surface area contributed by atoms with Crippen LogP contribution in [-0.2, 0) is 0 Å². The van der Waals surface area contributed by atoms with Crippen molar-refractivity contribution < 1.29 is 14.2 Å². The lowest BCUT2D eigenvalue weighted by Gasteiger charge is -2.38. The smallest absolute Gasteiger partial charge is 0.214 e. The second-order valence-corrected chi connectivity index (χ2v) is 7.70. The molecule has 0 fully saturated rings. The summed E-state index contributed by atoms with van der Waals surface area (Å²) < 4.78 is 17.5. The maximum absolute atomic E-state index is 6.46. The fourth-order valence-corrected chi connectivity index (χ4v) is 4.57. The van der Waals surface area contributed by atoms with E-state index in [-0.39, 0.29) is 12.3 Å². The summed E-state index contributed by atoms with van der Waals surface area (Å²) in [6, 6.07) is 18.3. The van der Waals surface area contributed by atoms with E-state index >= 15 is 0 Å². The maximum Gasteiger partial charge on any atom is 0.214 e. The Morgan fingerprint density at radius 2 is 1.96 bits per heavy atom. The van der Waals surface area contributed by atoms with Crippen LogP contribution in [0.3, 0.4) is 0 Å². The SMILES string of the molecule is COc1cccc(C2Oc3c(OC)cccc3C3CC(c4cccs4)=NN32)c1. The summed E-state index contributed by atoms with van der Waals surface area (Å²) in [5.74, 6) is 2.33. The van der Waals surface area contributed by atoms with Gasteiger partial charge in [-0.3, -0.25) is 0 Å². The van der Waals surface area contributed by atoms with Gasteiger partial charge in [-0.1, -0.05) is 30.3 Å². The van der Waals surface area contributed by atoms with E-state index in [9.17, 15) is 0 Å². The number of methoxy groups -OCH3 is 2. The van der Waals surface area contributed by atoms with Crippen molar-refractivity contribution in [1.29, 1.82) is 0 Å². The van der Waals surface area contributed by atoms with E-state index in [0.717, 1.165) is 40.5 Å². The summed E-state index contributed by atoms with van der Waals surface area (Å²) in [5, 5.41) is 9.13. The van der Waals surface area contributed by atoms with Gasteiger partial charge >= 0.3 is 0 Å². The van der Waals surface area contributed by atoms with Crippen molar-refractivity contribution in [3.63, 3.8) is 0 Å². The molecule has 2 aliphatic heterocycles. The standard InChI is InChI=1S/C22H20N2O3S/c1-25-15-7-3-6-14(12-15)22-24-18(13-17(23-24)20-10-5-11-28-20)16-8-4-9-19(26-2)21(16)27-22/h3-12,18,22H,13H2,1-2H3. The number of hydrogen-bond acceptors (Lipinski definition) is 6. The highest BCUT2D eigenvalue weighted by Gasteiger charge is 2.42. The van der Waals surface area contributed by atoms with Gasteiger partial charge in [-0.25, -0.2) is 5.01 Å². The van der Waals surface area contributed by atoms with Gasteiger partial charge in [-0.05, 0) is 29.6 Å². The summed E-state index contributed by atoms with van der Waals surface area (Å²) in [6.07, 6.45) is 0.492. The highest BCUT2D eigenvalue weighted by Crippen LogP contribution is 2.51. The van der Waals surface area contributed by atoms with E-state index in [4.69, 9.17) is 19.3 Å². The van der Waals surface area contributed by atoms with Crippen LogP contribution in [0.15, 0.2) is 65.1 Å². The number of rotatable bonds is 4. The van der Waals surface area contributed by atoms with Crippen molar-refractivity contribution in [3.05, 3.63) is 76.0 Å². The fraction of sp³-hybridized carbons (Fsp3) is 0.227. The fourth-order valence-electron chi connectivity index (χ4n) is 3.85. The van der Waals surface area contributed by atoms with Crippen LogP contribution in [0.5, 0.6) is 17.2 Å². The summed E-state index contributed by atoms with van der Waals surface area (Å²) in [7, 11) is 3.35. The van der Waals surface area contributed by atoms with Crippen LogP contribution in [0.1, 0.15) is 34.7 Å². The molecule has 5 rings (SSSR count). The highest BCUT2D eigenvalue weighted by molar-refractivity contribution is 7.12.